The van der Waals surface area contributed by atoms with Crippen LogP contribution in [0.3, 0.4) is 0 Å². The quantitative estimate of drug-likeness (QED) is 0.671. The molecule has 0 N–H and O–H groups in total. The summed E-state index contributed by atoms with van der Waals surface area (Å²) >= 11 is 11.9. The first-order valence-electron chi connectivity index (χ1n) is 4.69. The van der Waals surface area contributed by atoms with Crippen molar-refractivity contribution in [2.75, 3.05) is 0 Å². The molecule has 0 fully saturated rings. The summed E-state index contributed by atoms with van der Waals surface area (Å²) in [5.74, 6) is 0. The predicted molar refractivity (Wildman–Crippen MR) is 58.5 cm³/mol. The van der Waals surface area contributed by atoms with Crippen LogP contribution in [-0.2, 0) is 12.8 Å². The largest absolute Gasteiger partial charge is 0.298 e. The number of halogens is 2. The lowest BCUT2D eigenvalue weighted by Crippen LogP contribution is -2.07. The van der Waals surface area contributed by atoms with Crippen molar-refractivity contribution < 1.29 is 4.79 Å². The zero-order valence-corrected chi connectivity index (χ0v) is 9.16. The second kappa shape index (κ2) is 3.92. The van der Waals surface area contributed by atoms with E-state index in [0.717, 1.165) is 31.1 Å². The Labute approximate surface area is 93.0 Å². The molecule has 0 bridgehead atoms. The third-order valence-corrected chi connectivity index (χ3v) is 3.50. The maximum atomic E-state index is 10.9. The van der Waals surface area contributed by atoms with E-state index in [4.69, 9.17) is 23.2 Å². The van der Waals surface area contributed by atoms with Crippen LogP contribution in [0.4, 0.5) is 0 Å². The van der Waals surface area contributed by atoms with Gasteiger partial charge in [-0.3, -0.25) is 4.79 Å². The first kappa shape index (κ1) is 10.0. The molecule has 74 valence electrons. The Bertz CT molecular complexity index is 385. The van der Waals surface area contributed by atoms with Gasteiger partial charge in [-0.2, -0.15) is 0 Å². The standard InChI is InChI=1S/C11H10Cl2O/c12-10-5-7-3-1-2-4-8(7)9(6-14)11(10)13/h5-6H,1-4H2. The first-order valence-corrected chi connectivity index (χ1v) is 5.44. The van der Waals surface area contributed by atoms with Gasteiger partial charge < -0.3 is 0 Å². The number of carbonyl (C=O) groups excluding carboxylic acids is 1. The highest BCUT2D eigenvalue weighted by molar-refractivity contribution is 6.43. The molecule has 1 aromatic rings. The molecule has 0 aliphatic heterocycles. The minimum absolute atomic E-state index is 0.405. The monoisotopic (exact) mass is 228 g/mol. The molecule has 1 aliphatic carbocycles. The molecule has 0 radical (unpaired) electrons. The normalized spacial score (nSPS) is 15.0. The van der Waals surface area contributed by atoms with E-state index < -0.39 is 0 Å². The summed E-state index contributed by atoms with van der Waals surface area (Å²) in [6.07, 6.45) is 5.07. The highest BCUT2D eigenvalue weighted by atomic mass is 35.5. The Balaban J connectivity index is 2.65. The number of aryl methyl sites for hydroxylation is 1. The molecule has 0 aromatic heterocycles. The molecule has 0 amide bonds. The summed E-state index contributed by atoms with van der Waals surface area (Å²) in [6, 6.07) is 1.89. The van der Waals surface area contributed by atoms with Crippen LogP contribution < -0.4 is 0 Å². The van der Waals surface area contributed by atoms with Gasteiger partial charge in [-0.1, -0.05) is 23.2 Å². The molecule has 14 heavy (non-hydrogen) atoms. The van der Waals surface area contributed by atoms with Crippen LogP contribution in [0.1, 0.15) is 34.3 Å². The lowest BCUT2D eigenvalue weighted by molar-refractivity contribution is 0.112. The molecular weight excluding hydrogens is 219 g/mol. The number of carbonyl (C=O) groups is 1. The van der Waals surface area contributed by atoms with Crippen molar-refractivity contribution in [3.63, 3.8) is 0 Å². The van der Waals surface area contributed by atoms with E-state index in [-0.39, 0.29) is 0 Å². The summed E-state index contributed by atoms with van der Waals surface area (Å²) in [5.41, 5.74) is 2.88. The second-order valence-electron chi connectivity index (χ2n) is 3.55. The van der Waals surface area contributed by atoms with E-state index >= 15 is 0 Å². The van der Waals surface area contributed by atoms with Gasteiger partial charge in [0.1, 0.15) is 0 Å². The van der Waals surface area contributed by atoms with Crippen LogP contribution in [0.5, 0.6) is 0 Å². The molecule has 2 rings (SSSR count). The van der Waals surface area contributed by atoms with E-state index in [1.807, 2.05) is 6.07 Å². The molecule has 0 unspecified atom stereocenters. The molecule has 1 aliphatic rings. The van der Waals surface area contributed by atoms with Crippen LogP contribution in [0.25, 0.3) is 0 Å². The van der Waals surface area contributed by atoms with Crippen molar-refractivity contribution in [3.05, 3.63) is 32.8 Å². The lowest BCUT2D eigenvalue weighted by atomic mass is 9.88. The molecule has 0 atom stereocenters. The van der Waals surface area contributed by atoms with Crippen molar-refractivity contribution in [3.8, 4) is 0 Å². The topological polar surface area (TPSA) is 17.1 Å². The zero-order valence-electron chi connectivity index (χ0n) is 7.65. The Morgan fingerprint density at radius 3 is 2.64 bits per heavy atom. The molecule has 0 saturated heterocycles. The molecule has 0 saturated carbocycles. The van der Waals surface area contributed by atoms with Gasteiger partial charge in [-0.25, -0.2) is 0 Å². The van der Waals surface area contributed by atoms with Crippen molar-refractivity contribution in [2.45, 2.75) is 25.7 Å². The smallest absolute Gasteiger partial charge is 0.151 e. The number of aldehydes is 1. The van der Waals surface area contributed by atoms with E-state index in [9.17, 15) is 4.79 Å². The van der Waals surface area contributed by atoms with Gasteiger partial charge in [0, 0.05) is 5.56 Å². The Morgan fingerprint density at radius 1 is 1.21 bits per heavy atom. The lowest BCUT2D eigenvalue weighted by Gasteiger charge is -2.18. The van der Waals surface area contributed by atoms with E-state index in [0.29, 0.717) is 15.6 Å². The third kappa shape index (κ3) is 1.55. The number of hydrogen-bond donors (Lipinski definition) is 0. The minimum Gasteiger partial charge on any atom is -0.298 e. The van der Waals surface area contributed by atoms with E-state index in [1.165, 1.54) is 12.0 Å². The van der Waals surface area contributed by atoms with E-state index in [2.05, 4.69) is 0 Å². The maximum Gasteiger partial charge on any atom is 0.151 e. The number of hydrogen-bond acceptors (Lipinski definition) is 1. The highest BCUT2D eigenvalue weighted by Crippen LogP contribution is 2.34. The molecular formula is C11H10Cl2O. The molecule has 1 nitrogen and oxygen atoms in total. The number of rotatable bonds is 1. The average Bonchev–Trinajstić information content (AvgIpc) is 2.20. The summed E-state index contributed by atoms with van der Waals surface area (Å²) in [5, 5.41) is 0.900. The molecule has 0 heterocycles. The molecule has 3 heteroatoms. The Morgan fingerprint density at radius 2 is 1.93 bits per heavy atom. The van der Waals surface area contributed by atoms with Gasteiger partial charge in [0.15, 0.2) is 6.29 Å². The number of fused-ring (bicyclic) bond motifs is 1. The van der Waals surface area contributed by atoms with Crippen LogP contribution in [0, 0.1) is 0 Å². The highest BCUT2D eigenvalue weighted by Gasteiger charge is 2.17. The predicted octanol–water partition coefficient (Wildman–Crippen LogP) is 3.68. The zero-order chi connectivity index (χ0) is 10.1. The van der Waals surface area contributed by atoms with Gasteiger partial charge in [0.05, 0.1) is 10.0 Å². The fourth-order valence-corrected chi connectivity index (χ4v) is 2.44. The minimum atomic E-state index is 0.405. The third-order valence-electron chi connectivity index (χ3n) is 2.70. The van der Waals surface area contributed by atoms with Gasteiger partial charge >= 0.3 is 0 Å². The van der Waals surface area contributed by atoms with Crippen LogP contribution in [0.2, 0.25) is 10.0 Å². The summed E-state index contributed by atoms with van der Waals surface area (Å²) in [7, 11) is 0. The second-order valence-corrected chi connectivity index (χ2v) is 4.33. The van der Waals surface area contributed by atoms with Crippen molar-refractivity contribution in [1.29, 1.82) is 0 Å². The van der Waals surface area contributed by atoms with Gasteiger partial charge in [0.2, 0.25) is 0 Å². The summed E-state index contributed by atoms with van der Waals surface area (Å²) in [6.45, 7) is 0. The van der Waals surface area contributed by atoms with Gasteiger partial charge in [0.25, 0.3) is 0 Å². The average molecular weight is 229 g/mol. The first-order chi connectivity index (χ1) is 6.74. The summed E-state index contributed by atoms with van der Waals surface area (Å²) in [4.78, 5) is 10.9. The maximum absolute atomic E-state index is 10.9. The van der Waals surface area contributed by atoms with Crippen molar-refractivity contribution in [2.24, 2.45) is 0 Å². The molecule has 0 spiro atoms. The number of benzene rings is 1. The van der Waals surface area contributed by atoms with Crippen LogP contribution in [0.15, 0.2) is 6.07 Å². The summed E-state index contributed by atoms with van der Waals surface area (Å²) < 4.78 is 0. The Kier molecular flexibility index (Phi) is 2.80. The van der Waals surface area contributed by atoms with Crippen LogP contribution >= 0.6 is 23.2 Å². The fourth-order valence-electron chi connectivity index (χ4n) is 2.00. The van der Waals surface area contributed by atoms with Gasteiger partial charge in [-0.15, -0.1) is 0 Å². The van der Waals surface area contributed by atoms with Gasteiger partial charge in [-0.05, 0) is 42.9 Å². The SMILES string of the molecule is O=Cc1c(Cl)c(Cl)cc2c1CCCC2. The van der Waals surface area contributed by atoms with Crippen molar-refractivity contribution in [1.82, 2.24) is 0 Å². The van der Waals surface area contributed by atoms with Crippen molar-refractivity contribution >= 4 is 29.5 Å². The van der Waals surface area contributed by atoms with Crippen LogP contribution in [-0.4, -0.2) is 6.29 Å². The van der Waals surface area contributed by atoms with E-state index in [1.54, 1.807) is 0 Å². The molecule has 1 aromatic carbocycles. The Hall–Kier alpha value is -0.530. The fraction of sp³-hybridized carbons (Fsp3) is 0.364.